The molecule has 4 aromatic rings. The van der Waals surface area contributed by atoms with Crippen molar-refractivity contribution < 1.29 is 27.7 Å². The first-order valence-corrected chi connectivity index (χ1v) is 11.9. The second-order valence-corrected chi connectivity index (χ2v) is 9.18. The largest absolute Gasteiger partial charge is 0.345 e. The molecule has 1 saturated heterocycles. The van der Waals surface area contributed by atoms with Crippen molar-refractivity contribution in [3.05, 3.63) is 71.6 Å². The Bertz CT molecular complexity index is 2020. The average molecular weight is 508 g/mol. The monoisotopic (exact) mass is 507 g/mol. The minimum Gasteiger partial charge on any atom is -0.345 e. The highest BCUT2D eigenvalue weighted by atomic mass is 19.1. The van der Waals surface area contributed by atoms with Gasteiger partial charge < -0.3 is 14.4 Å². The third kappa shape index (κ3) is 3.57. The van der Waals surface area contributed by atoms with E-state index in [1.807, 2.05) is 22.6 Å². The van der Waals surface area contributed by atoms with Crippen LogP contribution in [0.5, 0.6) is 0 Å². The Hall–Kier alpha value is -3.94. The van der Waals surface area contributed by atoms with Gasteiger partial charge >= 0.3 is 6.03 Å². The number of likely N-dealkylation sites (tertiary alicyclic amines) is 1. The van der Waals surface area contributed by atoms with Crippen molar-refractivity contribution in [2.75, 3.05) is 19.5 Å². The SMILES string of the molecule is [2H]C1([2H])N(C(=O)N2CCn3cc(C4=C(c5cnc6ccccn56)C(=O)CC4)c4cc(F)cc(c43)C2)C([2H])([2H])C([2H])([2H])C([2H])([2H])C1([2H])[2H]. The zero-order valence-corrected chi connectivity index (χ0v) is 19.6. The maximum absolute atomic E-state index is 15.3. The second kappa shape index (κ2) is 8.57. The lowest BCUT2D eigenvalue weighted by molar-refractivity contribution is -0.113. The van der Waals surface area contributed by atoms with Crippen LogP contribution in [0.3, 0.4) is 0 Å². The molecule has 3 aromatic heterocycles. The number of allylic oxidation sites excluding steroid dienone is 2. The number of carbonyl (C=O) groups is 2. The topological polar surface area (TPSA) is 62.9 Å². The molecule has 188 valence electrons. The number of aromatic nitrogens is 3. The maximum atomic E-state index is 15.3. The number of nitrogens with zero attached hydrogens (tertiary/aromatic N) is 5. The number of hydrogen-bond acceptors (Lipinski definition) is 3. The Balaban J connectivity index is 1.32. The first-order chi connectivity index (χ1) is 21.8. The highest BCUT2D eigenvalue weighted by Gasteiger charge is 2.32. The zero-order chi connectivity index (χ0) is 34.1. The summed E-state index contributed by atoms with van der Waals surface area (Å²) >= 11 is 0. The second-order valence-electron chi connectivity index (χ2n) is 9.18. The van der Waals surface area contributed by atoms with Crippen LogP contribution in [0, 0.1) is 5.82 Å². The number of carbonyl (C=O) groups excluding carboxylic acids is 2. The number of ketones is 1. The van der Waals surface area contributed by atoms with Crippen LogP contribution in [0.25, 0.3) is 27.7 Å². The van der Waals surface area contributed by atoms with Crippen LogP contribution in [0.2, 0.25) is 0 Å². The molecule has 1 fully saturated rings. The molecule has 0 radical (unpaired) electrons. The van der Waals surface area contributed by atoms with Crippen LogP contribution in [0.15, 0.2) is 48.9 Å². The number of amides is 2. The van der Waals surface area contributed by atoms with Crippen LogP contribution in [0.1, 0.15) is 62.5 Å². The lowest BCUT2D eigenvalue weighted by Gasteiger charge is -2.32. The minimum atomic E-state index is -3.66. The van der Waals surface area contributed by atoms with E-state index in [4.69, 9.17) is 13.7 Å². The first-order valence-electron chi connectivity index (χ1n) is 16.9. The molecule has 0 saturated carbocycles. The Morgan fingerprint density at radius 1 is 1.05 bits per heavy atom. The van der Waals surface area contributed by atoms with E-state index in [-0.39, 0.29) is 42.3 Å². The van der Waals surface area contributed by atoms with Crippen LogP contribution in [-0.4, -0.2) is 55.1 Å². The number of Topliss-reactive ketones (excluding diaryl/α,β-unsaturated/α-hetero) is 1. The van der Waals surface area contributed by atoms with E-state index in [1.165, 1.54) is 12.1 Å². The van der Waals surface area contributed by atoms with Crippen molar-refractivity contribution in [1.29, 1.82) is 0 Å². The average Bonchev–Trinajstić information content (AvgIpc) is 3.64. The zero-order valence-electron chi connectivity index (χ0n) is 29.6. The number of rotatable bonds is 2. The molecule has 0 unspecified atom stereocenters. The van der Waals surface area contributed by atoms with E-state index >= 15 is 4.39 Å². The predicted octanol–water partition coefficient (Wildman–Crippen LogP) is 5.12. The molecule has 0 atom stereocenters. The third-order valence-electron chi connectivity index (χ3n) is 7.09. The van der Waals surface area contributed by atoms with E-state index in [0.717, 1.165) is 4.90 Å². The number of pyridine rings is 1. The van der Waals surface area contributed by atoms with Crippen LogP contribution in [0.4, 0.5) is 9.18 Å². The van der Waals surface area contributed by atoms with Gasteiger partial charge in [0.05, 0.1) is 17.4 Å². The van der Waals surface area contributed by atoms with Crippen molar-refractivity contribution in [3.8, 4) is 0 Å². The number of benzene rings is 1. The van der Waals surface area contributed by atoms with E-state index in [9.17, 15) is 9.59 Å². The summed E-state index contributed by atoms with van der Waals surface area (Å²) in [5, 5.41) is 0.467. The van der Waals surface area contributed by atoms with Crippen LogP contribution < -0.4 is 0 Å². The van der Waals surface area contributed by atoms with Gasteiger partial charge in [-0.05, 0) is 60.9 Å². The lowest BCUT2D eigenvalue weighted by Crippen LogP contribution is -2.45. The number of urea groups is 1. The molecular formula is C29H28FN5O2. The van der Waals surface area contributed by atoms with Crippen LogP contribution in [-0.2, 0) is 17.9 Å². The summed E-state index contributed by atoms with van der Waals surface area (Å²) in [6.07, 6.45) is -5.14. The van der Waals surface area contributed by atoms with Crippen molar-refractivity contribution in [2.45, 2.75) is 45.0 Å². The summed E-state index contributed by atoms with van der Waals surface area (Å²) in [6.45, 7) is -7.73. The maximum Gasteiger partial charge on any atom is 0.320 e. The molecule has 2 amide bonds. The fraction of sp³-hybridized carbons (Fsp3) is 0.345. The van der Waals surface area contributed by atoms with Gasteiger partial charge in [0, 0.05) is 81.7 Å². The lowest BCUT2D eigenvalue weighted by atomic mass is 9.98. The van der Waals surface area contributed by atoms with E-state index < -0.39 is 44.0 Å². The molecule has 0 bridgehead atoms. The Morgan fingerprint density at radius 3 is 2.78 bits per heavy atom. The fourth-order valence-electron chi connectivity index (χ4n) is 5.51. The smallest absolute Gasteiger partial charge is 0.320 e. The molecule has 7 rings (SSSR count). The fourth-order valence-corrected chi connectivity index (χ4v) is 5.51. The van der Waals surface area contributed by atoms with Gasteiger partial charge in [-0.15, -0.1) is 0 Å². The molecular weight excluding hydrogens is 469 g/mol. The Morgan fingerprint density at radius 2 is 1.92 bits per heavy atom. The summed E-state index contributed by atoms with van der Waals surface area (Å²) in [5.41, 5.74) is 3.88. The highest BCUT2D eigenvalue weighted by molar-refractivity contribution is 6.31. The number of halogens is 1. The van der Waals surface area contributed by atoms with Gasteiger partial charge in [0.15, 0.2) is 5.78 Å². The standard InChI is InChI=1S/C29H28FN5O2/c30-20-14-19-17-34(29(37)32-9-3-1-4-10-32)13-12-33-18-23(22(15-20)28(19)33)21-7-8-25(36)27(21)24-16-31-26-6-2-5-11-35(24)26/h2,5-6,11,14-16,18H,1,3-4,7-10,12-13,17H2/i1D2,3D2,4D2,9D2,10D2. The van der Waals surface area contributed by atoms with E-state index in [2.05, 4.69) is 4.98 Å². The summed E-state index contributed by atoms with van der Waals surface area (Å²) in [5.74, 6) is -0.743. The molecule has 3 aliphatic rings. The van der Waals surface area contributed by atoms with E-state index in [1.54, 1.807) is 23.2 Å². The highest BCUT2D eigenvalue weighted by Crippen LogP contribution is 2.42. The molecule has 5 heterocycles. The minimum absolute atomic E-state index is 0.0630. The quantitative estimate of drug-likeness (QED) is 0.378. The number of imidazole rings is 1. The summed E-state index contributed by atoms with van der Waals surface area (Å²) in [4.78, 5) is 32.4. The van der Waals surface area contributed by atoms with Gasteiger partial charge in [0.25, 0.3) is 0 Å². The van der Waals surface area contributed by atoms with Crippen LogP contribution >= 0.6 is 0 Å². The molecule has 7 nitrogen and oxygen atoms in total. The van der Waals surface area contributed by atoms with E-state index in [0.29, 0.717) is 45.4 Å². The van der Waals surface area contributed by atoms with Gasteiger partial charge in [-0.25, -0.2) is 14.2 Å². The first kappa shape index (κ1) is 14.1. The molecule has 1 aromatic carbocycles. The van der Waals surface area contributed by atoms with Crippen molar-refractivity contribution in [1.82, 2.24) is 23.8 Å². The Kier molecular flexibility index (Phi) is 3.27. The molecule has 1 aliphatic carbocycles. The molecule has 0 N–H and O–H groups in total. The van der Waals surface area contributed by atoms with Gasteiger partial charge in [-0.2, -0.15) is 0 Å². The molecule has 8 heteroatoms. The molecule has 0 spiro atoms. The van der Waals surface area contributed by atoms with Crippen molar-refractivity contribution in [3.63, 3.8) is 0 Å². The third-order valence-corrected chi connectivity index (χ3v) is 7.09. The van der Waals surface area contributed by atoms with Gasteiger partial charge in [-0.3, -0.25) is 9.20 Å². The van der Waals surface area contributed by atoms with Gasteiger partial charge in [-0.1, -0.05) is 6.07 Å². The molecule has 37 heavy (non-hydrogen) atoms. The number of piperidine rings is 1. The predicted molar refractivity (Wildman–Crippen MR) is 139 cm³/mol. The number of fused-ring (bicyclic) bond motifs is 1. The van der Waals surface area contributed by atoms with Gasteiger partial charge in [0.1, 0.15) is 11.5 Å². The molecule has 2 aliphatic heterocycles. The van der Waals surface area contributed by atoms with Gasteiger partial charge in [0.2, 0.25) is 0 Å². The Labute approximate surface area is 227 Å². The summed E-state index contributed by atoms with van der Waals surface area (Å²) in [6, 6.07) is 6.57. The summed E-state index contributed by atoms with van der Waals surface area (Å²) in [7, 11) is 0. The van der Waals surface area contributed by atoms with Crippen molar-refractivity contribution in [2.24, 2.45) is 0 Å². The number of hydrogen-bond donors (Lipinski definition) is 0. The normalized spacial score (nSPS) is 29.2. The van der Waals surface area contributed by atoms with Crippen molar-refractivity contribution >= 4 is 39.5 Å². The summed E-state index contributed by atoms with van der Waals surface area (Å²) < 4.78 is 101.